The fourth-order valence-electron chi connectivity index (χ4n) is 3.05. The highest BCUT2D eigenvalue weighted by Crippen LogP contribution is 2.39. The van der Waals surface area contributed by atoms with Crippen molar-refractivity contribution in [2.24, 2.45) is 4.99 Å². The highest BCUT2D eigenvalue weighted by Gasteiger charge is 2.37. The molecule has 1 atom stereocenters. The van der Waals surface area contributed by atoms with Crippen LogP contribution < -0.4 is 0 Å². The summed E-state index contributed by atoms with van der Waals surface area (Å²) in [5.41, 5.74) is 4.06. The molecule has 0 saturated carbocycles. The molecule has 2 aromatic rings. The molecule has 0 amide bonds. The van der Waals surface area contributed by atoms with Gasteiger partial charge in [0, 0.05) is 12.1 Å². The number of nitrogens with zero attached hydrogens (tertiary/aromatic N) is 2. The Bertz CT molecular complexity index is 826. The molecule has 0 fully saturated rings. The zero-order chi connectivity index (χ0) is 16.4. The maximum absolute atomic E-state index is 8.74. The van der Waals surface area contributed by atoms with E-state index in [0.29, 0.717) is 6.04 Å². The van der Waals surface area contributed by atoms with Crippen LogP contribution in [-0.4, -0.2) is 41.3 Å². The lowest BCUT2D eigenvalue weighted by Crippen LogP contribution is -2.26. The molecule has 4 rings (SSSR count). The van der Waals surface area contributed by atoms with E-state index in [9.17, 15) is 0 Å². The van der Waals surface area contributed by atoms with Crippen LogP contribution in [0.15, 0.2) is 59.6 Å². The van der Waals surface area contributed by atoms with Crippen molar-refractivity contribution < 1.29 is 17.5 Å². The second kappa shape index (κ2) is 6.11. The van der Waals surface area contributed by atoms with Crippen molar-refractivity contribution in [2.45, 2.75) is 6.04 Å². The first-order valence-corrected chi connectivity index (χ1v) is 8.50. The van der Waals surface area contributed by atoms with E-state index in [0.717, 1.165) is 13.1 Å². The van der Waals surface area contributed by atoms with Crippen molar-refractivity contribution in [1.29, 1.82) is 0 Å². The summed E-state index contributed by atoms with van der Waals surface area (Å²) in [7, 11) is -4.67. The number of rotatable bonds is 1. The lowest BCUT2D eigenvalue weighted by atomic mass is 9.98. The third-order valence-corrected chi connectivity index (χ3v) is 3.80. The van der Waals surface area contributed by atoms with Gasteiger partial charge in [0.25, 0.3) is 0 Å². The number of hydrogen-bond acceptors (Lipinski definition) is 4. The SMILES string of the molecule is O=S(=O)(O)O.c1ccc(C2c3ccccc3C3=NCCN32)cc1. The van der Waals surface area contributed by atoms with Gasteiger partial charge in [0.05, 0.1) is 12.6 Å². The molecule has 6 nitrogen and oxygen atoms in total. The third-order valence-electron chi connectivity index (χ3n) is 3.80. The summed E-state index contributed by atoms with van der Waals surface area (Å²) in [6.45, 7) is 1.95. The highest BCUT2D eigenvalue weighted by atomic mass is 32.3. The van der Waals surface area contributed by atoms with E-state index < -0.39 is 10.4 Å². The van der Waals surface area contributed by atoms with Crippen molar-refractivity contribution in [3.63, 3.8) is 0 Å². The molecule has 0 bridgehead atoms. The molecule has 2 aliphatic heterocycles. The predicted molar refractivity (Wildman–Crippen MR) is 87.0 cm³/mol. The summed E-state index contributed by atoms with van der Waals surface area (Å²) in [4.78, 5) is 7.09. The van der Waals surface area contributed by atoms with E-state index in [1.807, 2.05) is 0 Å². The molecule has 7 heteroatoms. The highest BCUT2D eigenvalue weighted by molar-refractivity contribution is 7.79. The Kier molecular flexibility index (Phi) is 4.16. The maximum atomic E-state index is 8.74. The van der Waals surface area contributed by atoms with Crippen molar-refractivity contribution in [3.8, 4) is 0 Å². The number of fused-ring (bicyclic) bond motifs is 3. The van der Waals surface area contributed by atoms with Gasteiger partial charge in [-0.25, -0.2) is 0 Å². The normalized spacial score (nSPS) is 18.6. The smallest absolute Gasteiger partial charge is 0.343 e. The third kappa shape index (κ3) is 3.42. The van der Waals surface area contributed by atoms with Gasteiger partial charge in [0.15, 0.2) is 0 Å². The minimum absolute atomic E-state index is 0.351. The van der Waals surface area contributed by atoms with E-state index in [4.69, 9.17) is 17.5 Å². The summed E-state index contributed by atoms with van der Waals surface area (Å²) >= 11 is 0. The van der Waals surface area contributed by atoms with Gasteiger partial charge >= 0.3 is 10.4 Å². The Morgan fingerprint density at radius 3 is 2.30 bits per heavy atom. The van der Waals surface area contributed by atoms with E-state index in [2.05, 4.69) is 64.5 Å². The average molecular weight is 332 g/mol. The van der Waals surface area contributed by atoms with E-state index in [1.54, 1.807) is 0 Å². The van der Waals surface area contributed by atoms with Gasteiger partial charge in [0.1, 0.15) is 5.84 Å². The Morgan fingerprint density at radius 2 is 1.61 bits per heavy atom. The minimum atomic E-state index is -4.67. The van der Waals surface area contributed by atoms with Crippen LogP contribution in [0.1, 0.15) is 22.7 Å². The molecule has 0 spiro atoms. The molecular weight excluding hydrogens is 316 g/mol. The molecule has 0 aromatic heterocycles. The van der Waals surface area contributed by atoms with Crippen LogP contribution in [0.2, 0.25) is 0 Å². The molecule has 1 unspecified atom stereocenters. The van der Waals surface area contributed by atoms with Gasteiger partial charge < -0.3 is 4.90 Å². The number of hydrogen-bond donors (Lipinski definition) is 2. The molecule has 2 N–H and O–H groups in total. The molecule has 2 aromatic carbocycles. The quantitative estimate of drug-likeness (QED) is 0.781. The molecule has 2 heterocycles. The lowest BCUT2D eigenvalue weighted by molar-refractivity contribution is 0.381. The van der Waals surface area contributed by atoms with Gasteiger partial charge in [0.2, 0.25) is 0 Å². The molecular formula is C16H16N2O4S. The minimum Gasteiger partial charge on any atom is -0.343 e. The van der Waals surface area contributed by atoms with Crippen molar-refractivity contribution in [1.82, 2.24) is 4.90 Å². The second-order valence-corrected chi connectivity index (χ2v) is 6.14. The Labute approximate surface area is 134 Å². The van der Waals surface area contributed by atoms with Crippen LogP contribution in [-0.2, 0) is 10.4 Å². The van der Waals surface area contributed by atoms with Crippen molar-refractivity contribution in [2.75, 3.05) is 13.1 Å². The largest absolute Gasteiger partial charge is 0.394 e. The molecule has 0 radical (unpaired) electrons. The van der Waals surface area contributed by atoms with E-state index in [1.165, 1.54) is 22.5 Å². The van der Waals surface area contributed by atoms with Gasteiger partial charge in [-0.05, 0) is 11.1 Å². The summed E-state index contributed by atoms with van der Waals surface area (Å²) < 4.78 is 31.6. The summed E-state index contributed by atoms with van der Waals surface area (Å²) in [6.07, 6.45) is 0. The van der Waals surface area contributed by atoms with Crippen LogP contribution in [0.4, 0.5) is 0 Å². The van der Waals surface area contributed by atoms with Gasteiger partial charge in [-0.1, -0.05) is 54.6 Å². The van der Waals surface area contributed by atoms with Gasteiger partial charge in [-0.15, -0.1) is 0 Å². The number of amidine groups is 1. The second-order valence-electron chi connectivity index (χ2n) is 5.25. The van der Waals surface area contributed by atoms with Gasteiger partial charge in [-0.3, -0.25) is 14.1 Å². The first-order chi connectivity index (χ1) is 10.9. The fourth-order valence-corrected chi connectivity index (χ4v) is 3.05. The Hall–Kier alpha value is -2.22. The van der Waals surface area contributed by atoms with Crippen LogP contribution in [0.5, 0.6) is 0 Å². The zero-order valence-electron chi connectivity index (χ0n) is 12.2. The van der Waals surface area contributed by atoms with Crippen LogP contribution in [0, 0.1) is 0 Å². The molecule has 2 aliphatic rings. The van der Waals surface area contributed by atoms with Crippen molar-refractivity contribution in [3.05, 3.63) is 71.3 Å². The fraction of sp³-hybridized carbons (Fsp3) is 0.188. The lowest BCUT2D eigenvalue weighted by Gasteiger charge is -2.23. The Balaban J connectivity index is 0.000000276. The van der Waals surface area contributed by atoms with E-state index >= 15 is 0 Å². The van der Waals surface area contributed by atoms with E-state index in [-0.39, 0.29) is 0 Å². The first kappa shape index (κ1) is 15.7. The van der Waals surface area contributed by atoms with Crippen LogP contribution >= 0.6 is 0 Å². The topological polar surface area (TPSA) is 90.2 Å². The van der Waals surface area contributed by atoms with Crippen LogP contribution in [0.25, 0.3) is 0 Å². The van der Waals surface area contributed by atoms with Gasteiger partial charge in [-0.2, -0.15) is 8.42 Å². The molecule has 0 aliphatic carbocycles. The average Bonchev–Trinajstić information content (AvgIpc) is 3.06. The monoisotopic (exact) mass is 332 g/mol. The molecule has 23 heavy (non-hydrogen) atoms. The standard InChI is InChI=1S/C16H14N2.H2O4S/c1-2-6-12(7-3-1)15-13-8-4-5-9-14(13)16-17-10-11-18(15)16;1-5(2,3)4/h1-9,15H,10-11H2;(H2,1,2,3,4). The number of benzene rings is 2. The molecule has 0 saturated heterocycles. The zero-order valence-corrected chi connectivity index (χ0v) is 13.0. The van der Waals surface area contributed by atoms with Crippen molar-refractivity contribution >= 4 is 16.2 Å². The van der Waals surface area contributed by atoms with Crippen LogP contribution in [0.3, 0.4) is 0 Å². The summed E-state index contributed by atoms with van der Waals surface area (Å²) in [6, 6.07) is 19.7. The number of aliphatic imine (C=N–C) groups is 1. The molecule has 120 valence electrons. The Morgan fingerprint density at radius 1 is 1.00 bits per heavy atom. The predicted octanol–water partition coefficient (Wildman–Crippen LogP) is 2.20. The summed E-state index contributed by atoms with van der Waals surface area (Å²) in [5, 5.41) is 0. The first-order valence-electron chi connectivity index (χ1n) is 7.10. The maximum Gasteiger partial charge on any atom is 0.394 e. The summed E-state index contributed by atoms with van der Waals surface area (Å²) in [5.74, 6) is 1.18.